The smallest absolute Gasteiger partial charge is 0.379 e. The van der Waals surface area contributed by atoms with Crippen LogP contribution in [0.5, 0.6) is 0 Å². The van der Waals surface area contributed by atoms with Crippen molar-refractivity contribution >= 4 is 21.2 Å². The van der Waals surface area contributed by atoms with Crippen LogP contribution in [-0.2, 0) is 9.84 Å². The third-order valence-electron chi connectivity index (χ3n) is 4.96. The van der Waals surface area contributed by atoms with Crippen LogP contribution in [0.3, 0.4) is 0 Å². The van der Waals surface area contributed by atoms with Gasteiger partial charge in [-0.2, -0.15) is 13.2 Å². The number of nitrogens with two attached hydrogens (primary N) is 1. The Labute approximate surface area is 161 Å². The third-order valence-corrected chi connectivity index (χ3v) is 6.45. The van der Waals surface area contributed by atoms with Crippen LogP contribution in [0, 0.1) is 20.9 Å². The molecule has 1 aliphatic carbocycles. The van der Waals surface area contributed by atoms with Crippen molar-refractivity contribution in [1.29, 1.82) is 0 Å². The number of nitro groups is 1. The predicted molar refractivity (Wildman–Crippen MR) is 98.5 cm³/mol. The first-order valence-electron chi connectivity index (χ1n) is 8.66. The minimum absolute atomic E-state index is 0.00925. The second-order valence-corrected chi connectivity index (χ2v) is 10.5. The van der Waals surface area contributed by atoms with Crippen LogP contribution in [0.2, 0.25) is 0 Å². The molecule has 0 saturated heterocycles. The van der Waals surface area contributed by atoms with Gasteiger partial charge in [0.15, 0.2) is 0 Å². The fraction of sp³-hybridized carbons (Fsp3) is 0.647. The zero-order chi connectivity index (χ0) is 21.5. The molecule has 2 rings (SSSR count). The largest absolute Gasteiger partial charge is 0.501 e. The Morgan fingerprint density at radius 1 is 1.29 bits per heavy atom. The lowest BCUT2D eigenvalue weighted by Crippen LogP contribution is -2.45. The van der Waals surface area contributed by atoms with E-state index in [2.05, 4.69) is 19.2 Å². The maximum absolute atomic E-state index is 12.7. The molecular formula is C17H24F3N3O4S. The molecule has 0 spiro atoms. The predicted octanol–water partition coefficient (Wildman–Crippen LogP) is 3.84. The Balaban J connectivity index is 2.31. The van der Waals surface area contributed by atoms with Gasteiger partial charge in [0, 0.05) is 18.7 Å². The number of sulfone groups is 1. The molecule has 158 valence electrons. The van der Waals surface area contributed by atoms with Gasteiger partial charge in [-0.25, -0.2) is 8.42 Å². The molecule has 2 atom stereocenters. The van der Waals surface area contributed by atoms with E-state index >= 15 is 0 Å². The molecule has 2 unspecified atom stereocenters. The normalized spacial score (nSPS) is 25.3. The highest BCUT2D eigenvalue weighted by molar-refractivity contribution is 7.92. The van der Waals surface area contributed by atoms with E-state index < -0.39 is 30.9 Å². The minimum atomic E-state index is -5.67. The molecule has 1 aliphatic rings. The molecule has 0 amide bonds. The molecule has 3 N–H and O–H groups in total. The molecule has 1 fully saturated rings. The Bertz CT molecular complexity index is 871. The summed E-state index contributed by atoms with van der Waals surface area (Å²) < 4.78 is 61.2. The van der Waals surface area contributed by atoms with E-state index in [4.69, 9.17) is 5.73 Å². The summed E-state index contributed by atoms with van der Waals surface area (Å²) in [6, 6.07) is 2.12. The van der Waals surface area contributed by atoms with Crippen LogP contribution in [0.25, 0.3) is 0 Å². The number of hydrogen-bond donors (Lipinski definition) is 2. The fourth-order valence-electron chi connectivity index (χ4n) is 4.27. The minimum Gasteiger partial charge on any atom is -0.379 e. The van der Waals surface area contributed by atoms with Gasteiger partial charge in [0.2, 0.25) is 0 Å². The van der Waals surface area contributed by atoms with Gasteiger partial charge in [-0.3, -0.25) is 10.1 Å². The molecule has 0 heterocycles. The molecule has 0 aliphatic heterocycles. The van der Waals surface area contributed by atoms with Gasteiger partial charge in [-0.05, 0) is 42.2 Å². The van der Waals surface area contributed by atoms with Crippen LogP contribution in [0.4, 0.5) is 24.5 Å². The van der Waals surface area contributed by atoms with E-state index in [9.17, 15) is 31.7 Å². The topological polar surface area (TPSA) is 115 Å². The van der Waals surface area contributed by atoms with Crippen LogP contribution >= 0.6 is 0 Å². The monoisotopic (exact) mass is 423 g/mol. The Hall–Kier alpha value is -1.88. The number of nitrogens with one attached hydrogen (secondary N) is 1. The Kier molecular flexibility index (Phi) is 5.75. The highest BCUT2D eigenvalue weighted by Crippen LogP contribution is 2.46. The first kappa shape index (κ1) is 22.4. The van der Waals surface area contributed by atoms with Gasteiger partial charge in [-0.15, -0.1) is 0 Å². The standard InChI is InChI=1S/C17H24F3N3O4S/c1-15(2)7-11(21)8-16(3,9-15)10-22-13-5-4-12(6-14(13)23(24)25)28(26,27)17(18,19)20/h4-6,11,22H,7-10,21H2,1-3H3. The quantitative estimate of drug-likeness (QED) is 0.549. The van der Waals surface area contributed by atoms with Crippen molar-refractivity contribution in [2.75, 3.05) is 11.9 Å². The molecule has 0 radical (unpaired) electrons. The van der Waals surface area contributed by atoms with Crippen molar-refractivity contribution in [2.45, 2.75) is 56.5 Å². The molecule has 1 aromatic carbocycles. The lowest BCUT2D eigenvalue weighted by molar-refractivity contribution is -0.384. The van der Waals surface area contributed by atoms with Gasteiger partial charge in [-0.1, -0.05) is 20.8 Å². The first-order chi connectivity index (χ1) is 12.6. The van der Waals surface area contributed by atoms with Gasteiger partial charge in [0.1, 0.15) is 5.69 Å². The van der Waals surface area contributed by atoms with Gasteiger partial charge < -0.3 is 11.1 Å². The summed E-state index contributed by atoms with van der Waals surface area (Å²) in [6.45, 7) is 6.48. The van der Waals surface area contributed by atoms with Crippen LogP contribution < -0.4 is 11.1 Å². The summed E-state index contributed by atoms with van der Waals surface area (Å²) in [5.41, 5.74) is -0.450. The number of halogens is 3. The molecule has 28 heavy (non-hydrogen) atoms. The van der Waals surface area contributed by atoms with E-state index in [1.807, 2.05) is 6.92 Å². The molecule has 0 bridgehead atoms. The van der Waals surface area contributed by atoms with Crippen molar-refractivity contribution in [3.63, 3.8) is 0 Å². The molecular weight excluding hydrogens is 399 g/mol. The zero-order valence-electron chi connectivity index (χ0n) is 15.8. The molecule has 1 aromatic rings. The maximum Gasteiger partial charge on any atom is 0.501 e. The van der Waals surface area contributed by atoms with Crippen LogP contribution in [-0.4, -0.2) is 31.4 Å². The van der Waals surface area contributed by atoms with Crippen molar-refractivity contribution < 1.29 is 26.5 Å². The number of anilines is 1. The molecule has 11 heteroatoms. The van der Waals surface area contributed by atoms with E-state index in [1.165, 1.54) is 0 Å². The second kappa shape index (κ2) is 7.18. The summed E-state index contributed by atoms with van der Waals surface area (Å²) in [4.78, 5) is 9.24. The van der Waals surface area contributed by atoms with Crippen LogP contribution in [0.15, 0.2) is 23.1 Å². The molecule has 0 aromatic heterocycles. The van der Waals surface area contributed by atoms with Gasteiger partial charge >= 0.3 is 5.51 Å². The second-order valence-electron chi connectivity index (χ2n) is 8.56. The fourth-order valence-corrected chi connectivity index (χ4v) is 5.05. The lowest BCUT2D eigenvalue weighted by atomic mass is 9.63. The SMILES string of the molecule is CC1(C)CC(N)CC(C)(CNc2ccc(S(=O)(=O)C(F)(F)F)cc2[N+](=O)[O-])C1. The summed E-state index contributed by atoms with van der Waals surface area (Å²) in [6.07, 6.45) is 2.36. The molecule has 7 nitrogen and oxygen atoms in total. The third kappa shape index (κ3) is 4.75. The Morgan fingerprint density at radius 2 is 1.89 bits per heavy atom. The average molecular weight is 423 g/mol. The van der Waals surface area contributed by atoms with E-state index in [1.54, 1.807) is 0 Å². The number of hydrogen-bond acceptors (Lipinski definition) is 6. The summed E-state index contributed by atoms with van der Waals surface area (Å²) in [7, 11) is -5.67. The number of nitrogens with zero attached hydrogens (tertiary/aromatic N) is 1. The van der Waals surface area contributed by atoms with Crippen molar-refractivity contribution in [3.05, 3.63) is 28.3 Å². The van der Waals surface area contributed by atoms with Crippen molar-refractivity contribution in [3.8, 4) is 0 Å². The van der Waals surface area contributed by atoms with Crippen molar-refractivity contribution in [1.82, 2.24) is 0 Å². The lowest BCUT2D eigenvalue weighted by Gasteiger charge is -2.45. The Morgan fingerprint density at radius 3 is 2.39 bits per heavy atom. The number of alkyl halides is 3. The highest BCUT2D eigenvalue weighted by atomic mass is 32.2. The number of benzene rings is 1. The number of nitro benzene ring substituents is 1. The van der Waals surface area contributed by atoms with Crippen molar-refractivity contribution in [2.24, 2.45) is 16.6 Å². The molecule has 1 saturated carbocycles. The highest BCUT2D eigenvalue weighted by Gasteiger charge is 2.47. The van der Waals surface area contributed by atoms with Crippen LogP contribution in [0.1, 0.15) is 40.0 Å². The first-order valence-corrected chi connectivity index (χ1v) is 10.1. The summed E-state index contributed by atoms with van der Waals surface area (Å²) in [5, 5.41) is 14.2. The average Bonchev–Trinajstić information content (AvgIpc) is 2.49. The van der Waals surface area contributed by atoms with Gasteiger partial charge in [0.25, 0.3) is 15.5 Å². The summed E-state index contributed by atoms with van der Waals surface area (Å²) in [5.74, 6) is 0. The van der Waals surface area contributed by atoms with E-state index in [0.29, 0.717) is 19.0 Å². The zero-order valence-corrected chi connectivity index (χ0v) is 16.7. The van der Waals surface area contributed by atoms with E-state index in [-0.39, 0.29) is 22.6 Å². The van der Waals surface area contributed by atoms with Gasteiger partial charge in [0.05, 0.1) is 9.82 Å². The number of rotatable bonds is 5. The van der Waals surface area contributed by atoms with E-state index in [0.717, 1.165) is 25.0 Å². The summed E-state index contributed by atoms with van der Waals surface area (Å²) >= 11 is 0. The maximum atomic E-state index is 12.7.